The molecule has 0 N–H and O–H groups in total. The molecule has 0 unspecified atom stereocenters. The molecule has 2 heterocycles. The van der Waals surface area contributed by atoms with Gasteiger partial charge in [0.2, 0.25) is 5.82 Å². The van der Waals surface area contributed by atoms with Crippen LogP contribution >= 0.6 is 23.2 Å². The third kappa shape index (κ3) is 3.29. The van der Waals surface area contributed by atoms with Gasteiger partial charge in [-0.2, -0.15) is 4.98 Å². The SMILES string of the molecule is Clc1ccc(OCc2noc(-c3cnccn3)n2)c(Cl)c1. The molecule has 1 aromatic carbocycles. The van der Waals surface area contributed by atoms with Crippen LogP contribution in [-0.4, -0.2) is 20.1 Å². The van der Waals surface area contributed by atoms with E-state index in [0.717, 1.165) is 0 Å². The molecule has 0 aliphatic heterocycles. The predicted octanol–water partition coefficient (Wildman–Crippen LogP) is 3.41. The van der Waals surface area contributed by atoms with Gasteiger partial charge in [-0.1, -0.05) is 28.4 Å². The summed E-state index contributed by atoms with van der Waals surface area (Å²) in [6.45, 7) is 0.116. The Morgan fingerprint density at radius 3 is 2.86 bits per heavy atom. The van der Waals surface area contributed by atoms with Crippen molar-refractivity contribution in [3.05, 3.63) is 52.7 Å². The van der Waals surface area contributed by atoms with Gasteiger partial charge >= 0.3 is 0 Å². The largest absolute Gasteiger partial charge is 0.484 e. The number of nitrogens with zero attached hydrogens (tertiary/aromatic N) is 4. The normalized spacial score (nSPS) is 10.6. The minimum atomic E-state index is 0.116. The summed E-state index contributed by atoms with van der Waals surface area (Å²) in [4.78, 5) is 12.2. The molecule has 0 atom stereocenters. The summed E-state index contributed by atoms with van der Waals surface area (Å²) in [7, 11) is 0. The zero-order chi connectivity index (χ0) is 14.7. The maximum atomic E-state index is 6.00. The lowest BCUT2D eigenvalue weighted by Gasteiger charge is -2.05. The second kappa shape index (κ2) is 6.07. The van der Waals surface area contributed by atoms with Gasteiger partial charge in [0.05, 0.1) is 11.2 Å². The molecule has 0 amide bonds. The number of halogens is 2. The molecule has 21 heavy (non-hydrogen) atoms. The Morgan fingerprint density at radius 2 is 2.10 bits per heavy atom. The van der Waals surface area contributed by atoms with Gasteiger partial charge in [0.1, 0.15) is 11.4 Å². The summed E-state index contributed by atoms with van der Waals surface area (Å²) in [5.41, 5.74) is 0.501. The van der Waals surface area contributed by atoms with Gasteiger partial charge in [-0.3, -0.25) is 4.98 Å². The fourth-order valence-corrected chi connectivity index (χ4v) is 2.02. The van der Waals surface area contributed by atoms with Crippen molar-refractivity contribution >= 4 is 23.2 Å². The molecule has 106 valence electrons. The molecule has 0 aliphatic rings. The first-order chi connectivity index (χ1) is 10.2. The molecule has 0 fully saturated rings. The van der Waals surface area contributed by atoms with E-state index in [-0.39, 0.29) is 12.5 Å². The molecular formula is C13H8Cl2N4O2. The minimum absolute atomic E-state index is 0.116. The van der Waals surface area contributed by atoms with E-state index >= 15 is 0 Å². The molecule has 8 heteroatoms. The fraction of sp³-hybridized carbons (Fsp3) is 0.0769. The molecule has 2 aromatic heterocycles. The summed E-state index contributed by atoms with van der Waals surface area (Å²) in [5, 5.41) is 4.76. The lowest BCUT2D eigenvalue weighted by atomic mass is 10.3. The van der Waals surface area contributed by atoms with Gasteiger partial charge in [0.25, 0.3) is 5.89 Å². The number of benzene rings is 1. The third-order valence-electron chi connectivity index (χ3n) is 2.50. The number of hydrogen-bond donors (Lipinski definition) is 0. The van der Waals surface area contributed by atoms with E-state index in [4.69, 9.17) is 32.5 Å². The van der Waals surface area contributed by atoms with Gasteiger partial charge in [-0.15, -0.1) is 0 Å². The van der Waals surface area contributed by atoms with E-state index in [1.165, 1.54) is 6.20 Å². The van der Waals surface area contributed by atoms with Crippen LogP contribution in [0.3, 0.4) is 0 Å². The van der Waals surface area contributed by atoms with Crippen molar-refractivity contribution in [2.24, 2.45) is 0 Å². The molecule has 0 saturated heterocycles. The van der Waals surface area contributed by atoms with Crippen LogP contribution in [0.1, 0.15) is 5.82 Å². The highest BCUT2D eigenvalue weighted by atomic mass is 35.5. The Morgan fingerprint density at radius 1 is 1.19 bits per heavy atom. The Labute approximate surface area is 129 Å². The van der Waals surface area contributed by atoms with Crippen LogP contribution in [0.5, 0.6) is 5.75 Å². The zero-order valence-electron chi connectivity index (χ0n) is 10.5. The summed E-state index contributed by atoms with van der Waals surface area (Å²) in [6, 6.07) is 4.96. The van der Waals surface area contributed by atoms with Crippen molar-refractivity contribution in [2.45, 2.75) is 6.61 Å². The Kier molecular flexibility index (Phi) is 3.98. The van der Waals surface area contributed by atoms with Gasteiger partial charge < -0.3 is 9.26 Å². The quantitative estimate of drug-likeness (QED) is 0.732. The first-order valence-electron chi connectivity index (χ1n) is 5.89. The summed E-state index contributed by atoms with van der Waals surface area (Å²) >= 11 is 11.8. The van der Waals surface area contributed by atoms with E-state index in [9.17, 15) is 0 Å². The molecule has 6 nitrogen and oxygen atoms in total. The lowest BCUT2D eigenvalue weighted by Crippen LogP contribution is -1.98. The third-order valence-corrected chi connectivity index (χ3v) is 3.03. The molecule has 0 radical (unpaired) electrons. The number of aromatic nitrogens is 4. The van der Waals surface area contributed by atoms with Crippen molar-refractivity contribution in [1.29, 1.82) is 0 Å². The van der Waals surface area contributed by atoms with Crippen LogP contribution < -0.4 is 4.74 Å². The standard InChI is InChI=1S/C13H8Cl2N4O2/c14-8-1-2-11(9(15)5-8)20-7-12-18-13(21-19-12)10-6-16-3-4-17-10/h1-6H,7H2. The minimum Gasteiger partial charge on any atom is -0.484 e. The highest BCUT2D eigenvalue weighted by molar-refractivity contribution is 6.35. The predicted molar refractivity (Wildman–Crippen MR) is 76.1 cm³/mol. The van der Waals surface area contributed by atoms with E-state index in [0.29, 0.717) is 27.3 Å². The maximum absolute atomic E-state index is 6.00. The van der Waals surface area contributed by atoms with E-state index in [1.54, 1.807) is 30.6 Å². The number of hydrogen-bond acceptors (Lipinski definition) is 6. The summed E-state index contributed by atoms with van der Waals surface area (Å²) < 4.78 is 10.6. The van der Waals surface area contributed by atoms with Crippen LogP contribution in [0.15, 0.2) is 41.3 Å². The summed E-state index contributed by atoms with van der Waals surface area (Å²) in [6.07, 6.45) is 4.64. The van der Waals surface area contributed by atoms with E-state index in [1.807, 2.05) is 0 Å². The molecule has 0 aliphatic carbocycles. The molecule has 0 spiro atoms. The first-order valence-corrected chi connectivity index (χ1v) is 6.65. The molecule has 3 aromatic rings. The van der Waals surface area contributed by atoms with Crippen molar-refractivity contribution in [2.75, 3.05) is 0 Å². The van der Waals surface area contributed by atoms with E-state index < -0.39 is 0 Å². The molecule has 0 saturated carbocycles. The lowest BCUT2D eigenvalue weighted by molar-refractivity contribution is 0.287. The maximum Gasteiger partial charge on any atom is 0.278 e. The Bertz CT molecular complexity index is 749. The number of ether oxygens (including phenoxy) is 1. The highest BCUT2D eigenvalue weighted by Gasteiger charge is 2.11. The fourth-order valence-electron chi connectivity index (χ4n) is 1.56. The Hall–Kier alpha value is -2.18. The average molecular weight is 323 g/mol. The van der Waals surface area contributed by atoms with Crippen LogP contribution in [0.4, 0.5) is 0 Å². The van der Waals surface area contributed by atoms with Crippen LogP contribution in [-0.2, 0) is 6.61 Å². The Balaban J connectivity index is 1.70. The zero-order valence-corrected chi connectivity index (χ0v) is 12.0. The smallest absolute Gasteiger partial charge is 0.278 e. The van der Waals surface area contributed by atoms with Crippen LogP contribution in [0, 0.1) is 0 Å². The van der Waals surface area contributed by atoms with Gasteiger partial charge in [-0.05, 0) is 18.2 Å². The molecule has 3 rings (SSSR count). The monoisotopic (exact) mass is 322 g/mol. The highest BCUT2D eigenvalue weighted by Crippen LogP contribution is 2.28. The van der Waals surface area contributed by atoms with Crippen molar-refractivity contribution < 1.29 is 9.26 Å². The first kappa shape index (κ1) is 13.8. The second-order valence-corrected chi connectivity index (χ2v) is 4.81. The molecular weight excluding hydrogens is 315 g/mol. The topological polar surface area (TPSA) is 73.9 Å². The van der Waals surface area contributed by atoms with Crippen LogP contribution in [0.25, 0.3) is 11.6 Å². The van der Waals surface area contributed by atoms with Crippen LogP contribution in [0.2, 0.25) is 10.0 Å². The molecule has 0 bridgehead atoms. The average Bonchev–Trinajstić information content (AvgIpc) is 2.96. The van der Waals surface area contributed by atoms with Crippen molar-refractivity contribution in [3.8, 4) is 17.3 Å². The van der Waals surface area contributed by atoms with Crippen molar-refractivity contribution in [1.82, 2.24) is 20.1 Å². The second-order valence-electron chi connectivity index (χ2n) is 3.97. The van der Waals surface area contributed by atoms with Gasteiger partial charge in [0.15, 0.2) is 6.61 Å². The van der Waals surface area contributed by atoms with Gasteiger partial charge in [-0.25, -0.2) is 4.98 Å². The number of rotatable bonds is 4. The summed E-state index contributed by atoms with van der Waals surface area (Å²) in [5.74, 6) is 1.15. The van der Waals surface area contributed by atoms with Crippen molar-refractivity contribution in [3.63, 3.8) is 0 Å². The van der Waals surface area contributed by atoms with E-state index in [2.05, 4.69) is 20.1 Å². The van der Waals surface area contributed by atoms with Gasteiger partial charge in [0, 0.05) is 17.4 Å².